The van der Waals surface area contributed by atoms with Gasteiger partial charge in [0.15, 0.2) is 0 Å². The Bertz CT molecular complexity index is 1270. The molecule has 2 bridgehead atoms. The van der Waals surface area contributed by atoms with Gasteiger partial charge in [0, 0.05) is 11.8 Å². The highest BCUT2D eigenvalue weighted by Gasteiger charge is 2.61. The van der Waals surface area contributed by atoms with E-state index in [1.54, 1.807) is 0 Å². The summed E-state index contributed by atoms with van der Waals surface area (Å²) >= 11 is 0. The molecule has 2 aliphatic carbocycles. The van der Waals surface area contributed by atoms with Crippen LogP contribution >= 0.6 is 0 Å². The molecule has 1 aromatic carbocycles. The molecule has 6 unspecified atom stereocenters. The van der Waals surface area contributed by atoms with Gasteiger partial charge >= 0.3 is 17.9 Å². The molecule has 0 amide bonds. The van der Waals surface area contributed by atoms with Crippen LogP contribution in [0, 0.1) is 34.5 Å². The van der Waals surface area contributed by atoms with Gasteiger partial charge in [-0.2, -0.15) is 0 Å². The van der Waals surface area contributed by atoms with E-state index in [4.69, 9.17) is 14.2 Å². The Kier molecular flexibility index (Phi) is 14.5. The van der Waals surface area contributed by atoms with Gasteiger partial charge in [-0.15, -0.1) is 0 Å². The summed E-state index contributed by atoms with van der Waals surface area (Å²) in [6.07, 6.45) is 5.64. The van der Waals surface area contributed by atoms with E-state index in [0.717, 1.165) is 32.1 Å². The van der Waals surface area contributed by atoms with Crippen molar-refractivity contribution in [3.8, 4) is 0 Å². The molecule has 2 saturated carbocycles. The second-order valence-corrected chi connectivity index (χ2v) is 19.3. The van der Waals surface area contributed by atoms with Gasteiger partial charge in [0.05, 0.1) is 23.4 Å². The van der Waals surface area contributed by atoms with Gasteiger partial charge < -0.3 is 14.2 Å². The van der Waals surface area contributed by atoms with E-state index < -0.39 is 5.41 Å². The molecule has 50 heavy (non-hydrogen) atoms. The van der Waals surface area contributed by atoms with Crippen LogP contribution in [-0.2, 0) is 39.4 Å². The second-order valence-electron chi connectivity index (χ2n) is 19.3. The summed E-state index contributed by atoms with van der Waals surface area (Å²) in [5.74, 6) is 1.64. The first-order chi connectivity index (χ1) is 22.7. The zero-order valence-electron chi connectivity index (χ0n) is 35.1. The van der Waals surface area contributed by atoms with Crippen LogP contribution in [0.4, 0.5) is 0 Å². The van der Waals surface area contributed by atoms with Gasteiger partial charge in [-0.3, -0.25) is 14.4 Å². The standard InChI is InChI=1S/C18H30.C15H22O4.C11H22O2/c1-9-13(2)14-10-15(17(3,4)5)12-16(11-14)18(6,7)8;1-4-15(2,3)14(17)18-7-11-8-5-9-10(6-8)13(16)19-12(9)11;1-7-10(3,4)9(12)13-11(5,6)8-2/h10-13H,9H2,1-8H3;8-12H,4-7H2,1-3H3;7-8H2,1-6H3. The van der Waals surface area contributed by atoms with Gasteiger partial charge in [0.2, 0.25) is 0 Å². The number of fused-ring (bicyclic) bond motifs is 1. The number of rotatable bonds is 10. The third-order valence-electron chi connectivity index (χ3n) is 12.0. The number of carbonyl (C=O) groups excluding carboxylic acids is 3. The smallest absolute Gasteiger partial charge is 0.312 e. The minimum Gasteiger partial charge on any atom is -0.465 e. The van der Waals surface area contributed by atoms with Crippen molar-refractivity contribution in [1.29, 1.82) is 0 Å². The zero-order chi connectivity index (χ0) is 38.6. The molecule has 1 aromatic rings. The maximum Gasteiger partial charge on any atom is 0.312 e. The minimum absolute atomic E-state index is 0.00814. The first-order valence-corrected chi connectivity index (χ1v) is 19.5. The number of ether oxygens (including phenoxy) is 3. The normalized spacial score (nSPS) is 23.6. The lowest BCUT2D eigenvalue weighted by molar-refractivity contribution is -0.167. The molecule has 4 rings (SSSR count). The Hall–Kier alpha value is -2.37. The molecule has 6 heteroatoms. The average Bonchev–Trinajstić information content (AvgIpc) is 3.67. The van der Waals surface area contributed by atoms with Crippen molar-refractivity contribution in [1.82, 2.24) is 0 Å². The van der Waals surface area contributed by atoms with Crippen LogP contribution in [0.3, 0.4) is 0 Å². The topological polar surface area (TPSA) is 78.9 Å². The molecular weight excluding hydrogens is 624 g/mol. The maximum absolute atomic E-state index is 12.0. The molecule has 3 aliphatic rings. The summed E-state index contributed by atoms with van der Waals surface area (Å²) in [6, 6.07) is 7.21. The molecule has 0 aromatic heterocycles. The van der Waals surface area contributed by atoms with Crippen molar-refractivity contribution in [3.63, 3.8) is 0 Å². The summed E-state index contributed by atoms with van der Waals surface area (Å²) < 4.78 is 16.4. The molecular formula is C44H74O6. The summed E-state index contributed by atoms with van der Waals surface area (Å²) in [4.78, 5) is 35.3. The van der Waals surface area contributed by atoms with E-state index in [-0.39, 0.29) is 57.7 Å². The highest BCUT2D eigenvalue weighted by molar-refractivity contribution is 5.77. The number of carbonyl (C=O) groups is 3. The van der Waals surface area contributed by atoms with E-state index in [1.165, 1.54) is 23.1 Å². The maximum atomic E-state index is 12.0. The third-order valence-corrected chi connectivity index (χ3v) is 12.0. The third kappa shape index (κ3) is 11.1. The molecule has 0 radical (unpaired) electrons. The molecule has 0 spiro atoms. The quantitative estimate of drug-likeness (QED) is 0.179. The van der Waals surface area contributed by atoms with E-state index in [1.807, 2.05) is 62.3 Å². The first kappa shape index (κ1) is 43.8. The molecule has 3 fully saturated rings. The fraction of sp³-hybridized carbons (Fsp3) is 0.795. The van der Waals surface area contributed by atoms with Gasteiger partial charge in [0.1, 0.15) is 11.7 Å². The highest BCUT2D eigenvalue weighted by Crippen LogP contribution is 2.57. The first-order valence-electron chi connectivity index (χ1n) is 19.5. The summed E-state index contributed by atoms with van der Waals surface area (Å²) in [5, 5.41) is 0. The van der Waals surface area contributed by atoms with Crippen LogP contribution in [-0.4, -0.2) is 36.2 Å². The van der Waals surface area contributed by atoms with Crippen molar-refractivity contribution in [3.05, 3.63) is 34.9 Å². The molecule has 6 nitrogen and oxygen atoms in total. The number of hydrogen-bond donors (Lipinski definition) is 0. The molecule has 1 saturated heterocycles. The van der Waals surface area contributed by atoms with Crippen LogP contribution < -0.4 is 0 Å². The van der Waals surface area contributed by atoms with Crippen molar-refractivity contribution in [2.75, 3.05) is 6.61 Å². The van der Waals surface area contributed by atoms with E-state index >= 15 is 0 Å². The van der Waals surface area contributed by atoms with Crippen molar-refractivity contribution >= 4 is 17.9 Å². The summed E-state index contributed by atoms with van der Waals surface area (Å²) in [7, 11) is 0. The van der Waals surface area contributed by atoms with Gasteiger partial charge in [-0.05, 0) is 119 Å². The van der Waals surface area contributed by atoms with Crippen molar-refractivity contribution < 1.29 is 28.6 Å². The van der Waals surface area contributed by atoms with Crippen molar-refractivity contribution in [2.45, 2.75) is 185 Å². The predicted octanol–water partition coefficient (Wildman–Crippen LogP) is 11.1. The van der Waals surface area contributed by atoms with Gasteiger partial charge in [-0.25, -0.2) is 0 Å². The highest BCUT2D eigenvalue weighted by atomic mass is 16.6. The predicted molar refractivity (Wildman–Crippen MR) is 205 cm³/mol. The van der Waals surface area contributed by atoms with Gasteiger partial charge in [-0.1, -0.05) is 94.4 Å². The lowest BCUT2D eigenvalue weighted by Crippen LogP contribution is -2.34. The number of hydrogen-bond acceptors (Lipinski definition) is 6. The Morgan fingerprint density at radius 3 is 1.70 bits per heavy atom. The van der Waals surface area contributed by atoms with Crippen LogP contribution in [0.15, 0.2) is 18.2 Å². The van der Waals surface area contributed by atoms with Crippen LogP contribution in [0.5, 0.6) is 0 Å². The lowest BCUT2D eigenvalue weighted by atomic mass is 9.78. The Labute approximate surface area is 306 Å². The number of benzene rings is 1. The van der Waals surface area contributed by atoms with Crippen LogP contribution in [0.25, 0.3) is 0 Å². The van der Waals surface area contributed by atoms with E-state index in [9.17, 15) is 14.4 Å². The second kappa shape index (κ2) is 16.5. The lowest BCUT2D eigenvalue weighted by Gasteiger charge is -2.29. The Balaban J connectivity index is 0.000000266. The molecule has 286 valence electrons. The minimum atomic E-state index is -0.424. The Morgan fingerprint density at radius 2 is 1.26 bits per heavy atom. The Morgan fingerprint density at radius 1 is 0.760 bits per heavy atom. The average molecular weight is 699 g/mol. The van der Waals surface area contributed by atoms with Crippen molar-refractivity contribution in [2.24, 2.45) is 34.5 Å². The van der Waals surface area contributed by atoms with E-state index in [0.29, 0.717) is 24.4 Å². The van der Waals surface area contributed by atoms with E-state index in [2.05, 4.69) is 73.6 Å². The fourth-order valence-electron chi connectivity index (χ4n) is 6.46. The monoisotopic (exact) mass is 699 g/mol. The number of esters is 3. The van der Waals surface area contributed by atoms with Gasteiger partial charge in [0.25, 0.3) is 0 Å². The molecule has 1 aliphatic heterocycles. The zero-order valence-corrected chi connectivity index (χ0v) is 35.1. The van der Waals surface area contributed by atoms with Crippen LogP contribution in [0.1, 0.15) is 179 Å². The summed E-state index contributed by atoms with van der Waals surface area (Å²) in [5.41, 5.74) is 3.76. The molecule has 1 heterocycles. The largest absolute Gasteiger partial charge is 0.465 e. The molecule has 0 N–H and O–H groups in total. The fourth-order valence-corrected chi connectivity index (χ4v) is 6.46. The molecule has 6 atom stereocenters. The SMILES string of the molecule is CCC(C)(C)C(=O)OCC1C2CC3C(=O)OC1C3C2.CCC(C)(C)OC(=O)C(C)(C)CC.CCC(C)c1cc(C(C)(C)C)cc(C(C)(C)C)c1. The summed E-state index contributed by atoms with van der Waals surface area (Å²) in [6.45, 7) is 36.3. The van der Waals surface area contributed by atoms with Crippen LogP contribution in [0.2, 0.25) is 0 Å².